The third-order valence-electron chi connectivity index (χ3n) is 3.31. The van der Waals surface area contributed by atoms with E-state index in [0.717, 1.165) is 0 Å². The Morgan fingerprint density at radius 2 is 1.44 bits per heavy atom. The Balaban J connectivity index is 2.31. The van der Waals surface area contributed by atoms with Crippen molar-refractivity contribution >= 4 is 10.8 Å². The highest BCUT2D eigenvalue weighted by atomic mass is 14.6. The van der Waals surface area contributed by atoms with E-state index in [1.165, 1.54) is 33.0 Å². The van der Waals surface area contributed by atoms with Crippen molar-refractivity contribution in [1.82, 2.24) is 4.98 Å². The third kappa shape index (κ3) is 0.836. The van der Waals surface area contributed by atoms with Gasteiger partial charge in [-0.2, -0.15) is 0 Å². The second-order valence-corrected chi connectivity index (χ2v) is 4.13. The van der Waals surface area contributed by atoms with Gasteiger partial charge in [0.15, 0.2) is 0 Å². The lowest BCUT2D eigenvalue weighted by molar-refractivity contribution is 1.34. The molecule has 0 amide bonds. The Morgan fingerprint density at radius 3 is 2.25 bits per heavy atom. The van der Waals surface area contributed by atoms with Gasteiger partial charge < -0.3 is 0 Å². The Morgan fingerprint density at radius 1 is 0.688 bits per heavy atom. The average molecular weight is 203 g/mol. The minimum Gasteiger partial charge on any atom is -0.264 e. The summed E-state index contributed by atoms with van der Waals surface area (Å²) in [6.07, 6.45) is 3.83. The molecule has 0 N–H and O–H groups in total. The van der Waals surface area contributed by atoms with Gasteiger partial charge in [-0.05, 0) is 33.5 Å². The second-order valence-electron chi connectivity index (χ2n) is 4.13. The maximum atomic E-state index is 4.23. The quantitative estimate of drug-likeness (QED) is 0.422. The van der Waals surface area contributed by atoms with Gasteiger partial charge in [0.2, 0.25) is 0 Å². The van der Waals surface area contributed by atoms with E-state index in [4.69, 9.17) is 0 Å². The summed E-state index contributed by atoms with van der Waals surface area (Å²) in [6.45, 7) is 0. The van der Waals surface area contributed by atoms with E-state index < -0.39 is 0 Å². The van der Waals surface area contributed by atoms with Crippen LogP contribution < -0.4 is 0 Å². The topological polar surface area (TPSA) is 12.9 Å². The van der Waals surface area contributed by atoms with Crippen molar-refractivity contribution in [3.8, 4) is 22.3 Å². The lowest BCUT2D eigenvalue weighted by Crippen LogP contribution is -1.76. The van der Waals surface area contributed by atoms with Gasteiger partial charge in [0.05, 0.1) is 0 Å². The van der Waals surface area contributed by atoms with Crippen LogP contribution in [0.1, 0.15) is 0 Å². The molecule has 4 rings (SSSR count). The fourth-order valence-corrected chi connectivity index (χ4v) is 2.63. The molecule has 0 bridgehead atoms. The number of nitrogens with zero attached hydrogens (tertiary/aromatic N) is 1. The van der Waals surface area contributed by atoms with Crippen LogP contribution in [-0.4, -0.2) is 4.98 Å². The number of aromatic nitrogens is 1. The number of pyridine rings is 1. The summed E-state index contributed by atoms with van der Waals surface area (Å²) in [5, 5.41) is 2.68. The number of hydrogen-bond acceptors (Lipinski definition) is 1. The molecule has 1 heteroatoms. The summed E-state index contributed by atoms with van der Waals surface area (Å²) in [6, 6.07) is 15.0. The minimum absolute atomic E-state index is 1.26. The van der Waals surface area contributed by atoms with Crippen molar-refractivity contribution < 1.29 is 0 Å². The van der Waals surface area contributed by atoms with Gasteiger partial charge in [-0.15, -0.1) is 0 Å². The fraction of sp³-hybridized carbons (Fsp3) is 0. The number of benzene rings is 2. The Bertz CT molecular complexity index is 656. The molecule has 1 aliphatic carbocycles. The van der Waals surface area contributed by atoms with Gasteiger partial charge in [-0.25, -0.2) is 0 Å². The third-order valence-corrected chi connectivity index (χ3v) is 3.31. The maximum absolute atomic E-state index is 4.23. The van der Waals surface area contributed by atoms with Crippen molar-refractivity contribution in [2.24, 2.45) is 0 Å². The summed E-state index contributed by atoms with van der Waals surface area (Å²) >= 11 is 0. The molecular formula is C15H9N. The number of rotatable bonds is 0. The zero-order chi connectivity index (χ0) is 10.5. The molecule has 1 heterocycles. The summed E-state index contributed by atoms with van der Waals surface area (Å²) in [4.78, 5) is 4.23. The zero-order valence-electron chi connectivity index (χ0n) is 8.64. The van der Waals surface area contributed by atoms with Crippen LogP contribution in [-0.2, 0) is 0 Å². The predicted molar refractivity (Wildman–Crippen MR) is 66.2 cm³/mol. The first-order chi connectivity index (χ1) is 7.95. The number of fused-ring (bicyclic) bond motifs is 3. The molecule has 0 saturated heterocycles. The smallest absolute Gasteiger partial charge is 0.0352 e. The molecule has 0 fully saturated rings. The summed E-state index contributed by atoms with van der Waals surface area (Å²) < 4.78 is 0. The van der Waals surface area contributed by atoms with E-state index in [1.54, 1.807) is 0 Å². The lowest BCUT2D eigenvalue weighted by atomic mass is 10.0. The molecule has 3 aromatic rings. The van der Waals surface area contributed by atoms with Crippen LogP contribution in [0.2, 0.25) is 0 Å². The molecule has 0 unspecified atom stereocenters. The van der Waals surface area contributed by atoms with Crippen LogP contribution in [0.15, 0.2) is 54.9 Å². The van der Waals surface area contributed by atoms with Crippen LogP contribution >= 0.6 is 0 Å². The van der Waals surface area contributed by atoms with Gasteiger partial charge in [0.25, 0.3) is 0 Å². The van der Waals surface area contributed by atoms with E-state index in [2.05, 4.69) is 47.4 Å². The Labute approximate surface area is 93.4 Å². The molecule has 0 saturated carbocycles. The maximum Gasteiger partial charge on any atom is 0.0352 e. The van der Waals surface area contributed by atoms with Gasteiger partial charge in [0.1, 0.15) is 0 Å². The van der Waals surface area contributed by atoms with Crippen molar-refractivity contribution in [3.63, 3.8) is 0 Å². The standard InChI is InChI=1S/C15H9N/c1-3-10-4-2-6-13-14-9-16-8-7-11(14)12(5-1)15(10)13/h1-9H. The molecule has 1 aromatic heterocycles. The van der Waals surface area contributed by atoms with Crippen LogP contribution in [0.3, 0.4) is 0 Å². The number of hydrogen-bond donors (Lipinski definition) is 0. The summed E-state index contributed by atoms with van der Waals surface area (Å²) in [5.74, 6) is 0. The monoisotopic (exact) mass is 203 g/mol. The molecule has 1 aliphatic rings. The summed E-state index contributed by atoms with van der Waals surface area (Å²) in [7, 11) is 0. The zero-order valence-corrected chi connectivity index (χ0v) is 8.64. The van der Waals surface area contributed by atoms with Gasteiger partial charge >= 0.3 is 0 Å². The highest BCUT2D eigenvalue weighted by Crippen LogP contribution is 2.46. The van der Waals surface area contributed by atoms with Crippen molar-refractivity contribution in [1.29, 1.82) is 0 Å². The molecule has 74 valence electrons. The van der Waals surface area contributed by atoms with E-state index in [0.29, 0.717) is 0 Å². The predicted octanol–water partition coefficient (Wildman–Crippen LogP) is 3.88. The van der Waals surface area contributed by atoms with Crippen LogP contribution in [0.4, 0.5) is 0 Å². The first-order valence-electron chi connectivity index (χ1n) is 5.42. The van der Waals surface area contributed by atoms with Gasteiger partial charge in [-0.1, -0.05) is 36.4 Å². The SMILES string of the molecule is c1cc2c3c(cccc3c1)-c1cnccc1-2. The largest absolute Gasteiger partial charge is 0.264 e. The van der Waals surface area contributed by atoms with E-state index >= 15 is 0 Å². The first-order valence-corrected chi connectivity index (χ1v) is 5.42. The van der Waals surface area contributed by atoms with Crippen LogP contribution in [0, 0.1) is 0 Å². The fourth-order valence-electron chi connectivity index (χ4n) is 2.63. The lowest BCUT2D eigenvalue weighted by Gasteiger charge is -2.00. The van der Waals surface area contributed by atoms with E-state index in [1.807, 2.05) is 12.4 Å². The normalized spacial score (nSPS) is 11.8. The highest BCUT2D eigenvalue weighted by Gasteiger charge is 2.19. The van der Waals surface area contributed by atoms with E-state index in [-0.39, 0.29) is 0 Å². The van der Waals surface area contributed by atoms with Gasteiger partial charge in [-0.3, -0.25) is 4.98 Å². The Hall–Kier alpha value is -2.15. The average Bonchev–Trinajstić information content (AvgIpc) is 2.68. The molecular weight excluding hydrogens is 194 g/mol. The second kappa shape index (κ2) is 2.70. The molecule has 0 spiro atoms. The molecule has 16 heavy (non-hydrogen) atoms. The molecule has 0 aliphatic heterocycles. The summed E-state index contributed by atoms with van der Waals surface area (Å²) in [5.41, 5.74) is 5.22. The van der Waals surface area contributed by atoms with Crippen molar-refractivity contribution in [2.45, 2.75) is 0 Å². The molecule has 2 aromatic carbocycles. The van der Waals surface area contributed by atoms with Crippen molar-refractivity contribution in [2.75, 3.05) is 0 Å². The van der Waals surface area contributed by atoms with E-state index in [9.17, 15) is 0 Å². The van der Waals surface area contributed by atoms with Crippen molar-refractivity contribution in [3.05, 3.63) is 54.9 Å². The Kier molecular flexibility index (Phi) is 1.36. The molecule has 0 atom stereocenters. The highest BCUT2D eigenvalue weighted by molar-refractivity contribution is 6.14. The van der Waals surface area contributed by atoms with Crippen LogP contribution in [0.5, 0.6) is 0 Å². The minimum atomic E-state index is 1.26. The first kappa shape index (κ1) is 8.05. The van der Waals surface area contributed by atoms with Gasteiger partial charge in [0, 0.05) is 18.0 Å². The molecule has 1 nitrogen and oxygen atoms in total. The van der Waals surface area contributed by atoms with Crippen LogP contribution in [0.25, 0.3) is 33.0 Å². The molecule has 0 radical (unpaired) electrons.